The van der Waals surface area contributed by atoms with Gasteiger partial charge in [-0.3, -0.25) is 4.79 Å². The molecule has 1 aromatic rings. The minimum absolute atomic E-state index is 0.0563. The Labute approximate surface area is 133 Å². The molecule has 0 spiro atoms. The average Bonchev–Trinajstić information content (AvgIpc) is 2.43. The summed E-state index contributed by atoms with van der Waals surface area (Å²) in [5.41, 5.74) is 0.488. The first-order valence-corrected chi connectivity index (χ1v) is 8.37. The third kappa shape index (κ3) is 3.05. The van der Waals surface area contributed by atoms with Gasteiger partial charge >= 0.3 is 0 Å². The van der Waals surface area contributed by atoms with Crippen molar-refractivity contribution in [3.8, 4) is 0 Å². The molecule has 112 valence electrons. The van der Waals surface area contributed by atoms with E-state index in [9.17, 15) is 13.2 Å². The summed E-state index contributed by atoms with van der Waals surface area (Å²) >= 11 is 12.3. The molecule has 21 heavy (non-hydrogen) atoms. The van der Waals surface area contributed by atoms with Crippen molar-refractivity contribution in [3.63, 3.8) is 0 Å². The highest BCUT2D eigenvalue weighted by Crippen LogP contribution is 2.34. The van der Waals surface area contributed by atoms with Crippen LogP contribution in [0.15, 0.2) is 51.3 Å². The third-order valence-corrected chi connectivity index (χ3v) is 5.62. The summed E-state index contributed by atoms with van der Waals surface area (Å²) in [6.07, 6.45) is 1.27. The fraction of sp³-hybridized carbons (Fsp3) is 0.286. The molecule has 0 aliphatic heterocycles. The first-order chi connectivity index (χ1) is 9.66. The second-order valence-corrected chi connectivity index (χ2v) is 7.72. The SMILES string of the molecule is CC1=CC(=O)[C@@H](Cl)[C@](C)(Cl)C1=NS(=O)(=O)c1ccccc1. The standard InChI is InChI=1S/C14H13Cl2NO3S/c1-9-8-11(18)12(15)14(2,16)13(9)17-21(19,20)10-6-4-3-5-7-10/h3-8,12H,1-2H3/t12-,14+/m1/s1. The molecular formula is C14H13Cl2NO3S. The molecule has 0 heterocycles. The molecule has 0 unspecified atom stereocenters. The van der Waals surface area contributed by atoms with Gasteiger partial charge in [-0.05, 0) is 37.6 Å². The van der Waals surface area contributed by atoms with Crippen LogP contribution in [-0.2, 0) is 14.8 Å². The number of carbonyl (C=O) groups excluding carboxylic acids is 1. The third-order valence-electron chi connectivity index (χ3n) is 3.17. The minimum Gasteiger partial charge on any atom is -0.293 e. The lowest BCUT2D eigenvalue weighted by atomic mass is 9.87. The quantitative estimate of drug-likeness (QED) is 0.774. The van der Waals surface area contributed by atoms with E-state index in [-0.39, 0.29) is 16.4 Å². The highest BCUT2D eigenvalue weighted by atomic mass is 35.5. The molecule has 0 aromatic heterocycles. The van der Waals surface area contributed by atoms with Gasteiger partial charge < -0.3 is 0 Å². The van der Waals surface area contributed by atoms with Gasteiger partial charge in [0, 0.05) is 0 Å². The maximum absolute atomic E-state index is 12.3. The first-order valence-electron chi connectivity index (χ1n) is 6.12. The zero-order chi connectivity index (χ0) is 15.8. The smallest absolute Gasteiger partial charge is 0.282 e. The molecule has 1 aromatic carbocycles. The van der Waals surface area contributed by atoms with Gasteiger partial charge in [0.05, 0.1) is 10.6 Å². The monoisotopic (exact) mass is 345 g/mol. The Balaban J connectivity index is 2.59. The van der Waals surface area contributed by atoms with Crippen molar-refractivity contribution in [2.75, 3.05) is 0 Å². The van der Waals surface area contributed by atoms with Crippen molar-refractivity contribution >= 4 is 44.7 Å². The maximum Gasteiger partial charge on any atom is 0.282 e. The summed E-state index contributed by atoms with van der Waals surface area (Å²) in [5, 5.41) is -1.06. The molecular weight excluding hydrogens is 333 g/mol. The van der Waals surface area contributed by atoms with E-state index < -0.39 is 20.3 Å². The van der Waals surface area contributed by atoms with Crippen LogP contribution in [0.4, 0.5) is 0 Å². The molecule has 0 N–H and O–H groups in total. The van der Waals surface area contributed by atoms with Crippen LogP contribution in [0.5, 0.6) is 0 Å². The molecule has 4 nitrogen and oxygen atoms in total. The molecule has 0 bridgehead atoms. The van der Waals surface area contributed by atoms with Gasteiger partial charge in [0.15, 0.2) is 5.78 Å². The fourth-order valence-electron chi connectivity index (χ4n) is 2.05. The summed E-state index contributed by atoms with van der Waals surface area (Å²) in [6, 6.07) is 7.79. The van der Waals surface area contributed by atoms with E-state index in [1.54, 1.807) is 25.1 Å². The summed E-state index contributed by atoms with van der Waals surface area (Å²) in [7, 11) is -3.91. The lowest BCUT2D eigenvalue weighted by Crippen LogP contribution is -2.46. The van der Waals surface area contributed by atoms with Gasteiger partial charge in [-0.2, -0.15) is 12.8 Å². The van der Waals surface area contributed by atoms with Crippen molar-refractivity contribution in [1.29, 1.82) is 0 Å². The van der Waals surface area contributed by atoms with E-state index in [4.69, 9.17) is 23.2 Å². The van der Waals surface area contributed by atoms with Crippen molar-refractivity contribution in [1.82, 2.24) is 0 Å². The maximum atomic E-state index is 12.3. The van der Waals surface area contributed by atoms with Crippen LogP contribution in [0.1, 0.15) is 13.8 Å². The molecule has 2 rings (SSSR count). The second-order valence-electron chi connectivity index (χ2n) is 4.90. The Kier molecular flexibility index (Phi) is 4.29. The number of benzene rings is 1. The van der Waals surface area contributed by atoms with Gasteiger partial charge in [-0.15, -0.1) is 23.2 Å². The average molecular weight is 346 g/mol. The summed E-state index contributed by atoms with van der Waals surface area (Å²) in [4.78, 5) is 10.4. The Hall–Kier alpha value is -1.17. The van der Waals surface area contributed by atoms with E-state index in [0.717, 1.165) is 0 Å². The highest BCUT2D eigenvalue weighted by molar-refractivity contribution is 7.90. The number of ketones is 1. The predicted molar refractivity (Wildman–Crippen MR) is 83.7 cm³/mol. The molecule has 0 amide bonds. The zero-order valence-corrected chi connectivity index (χ0v) is 13.7. The molecule has 1 aliphatic carbocycles. The number of sulfonamides is 1. The molecule has 2 atom stereocenters. The second kappa shape index (κ2) is 5.55. The number of hydrogen-bond acceptors (Lipinski definition) is 3. The predicted octanol–water partition coefficient (Wildman–Crippen LogP) is 2.95. The van der Waals surface area contributed by atoms with Crippen molar-refractivity contribution < 1.29 is 13.2 Å². The van der Waals surface area contributed by atoms with Crippen LogP contribution >= 0.6 is 23.2 Å². The van der Waals surface area contributed by atoms with Crippen LogP contribution in [0.25, 0.3) is 0 Å². The number of halogens is 2. The number of allylic oxidation sites excluding steroid dienone is 2. The van der Waals surface area contributed by atoms with E-state index >= 15 is 0 Å². The fourth-order valence-corrected chi connectivity index (χ4v) is 3.75. The van der Waals surface area contributed by atoms with Gasteiger partial charge in [0.1, 0.15) is 10.3 Å². The van der Waals surface area contributed by atoms with Crippen LogP contribution in [0.2, 0.25) is 0 Å². The van der Waals surface area contributed by atoms with Gasteiger partial charge in [0.2, 0.25) is 0 Å². The summed E-state index contributed by atoms with van der Waals surface area (Å²) in [5.74, 6) is -0.359. The Morgan fingerprint density at radius 1 is 1.24 bits per heavy atom. The van der Waals surface area contributed by atoms with Gasteiger partial charge in [0.25, 0.3) is 10.0 Å². The summed E-state index contributed by atoms with van der Waals surface area (Å²) in [6.45, 7) is 3.07. The van der Waals surface area contributed by atoms with E-state index in [1.807, 2.05) is 0 Å². The molecule has 0 radical (unpaired) electrons. The number of carbonyl (C=O) groups is 1. The van der Waals surface area contributed by atoms with Crippen LogP contribution in [0, 0.1) is 0 Å². The van der Waals surface area contributed by atoms with Gasteiger partial charge in [-0.25, -0.2) is 0 Å². The highest BCUT2D eigenvalue weighted by Gasteiger charge is 2.44. The molecule has 0 fully saturated rings. The number of hydrogen-bond donors (Lipinski definition) is 0. The van der Waals surface area contributed by atoms with Crippen molar-refractivity contribution in [2.45, 2.75) is 29.0 Å². The molecule has 7 heteroatoms. The van der Waals surface area contributed by atoms with Gasteiger partial charge in [-0.1, -0.05) is 18.2 Å². The largest absolute Gasteiger partial charge is 0.293 e. The Morgan fingerprint density at radius 3 is 2.38 bits per heavy atom. The van der Waals surface area contributed by atoms with E-state index in [0.29, 0.717) is 5.57 Å². The lowest BCUT2D eigenvalue weighted by Gasteiger charge is -2.31. The molecule has 1 aliphatic rings. The first kappa shape index (κ1) is 16.2. The van der Waals surface area contributed by atoms with Crippen molar-refractivity contribution in [3.05, 3.63) is 42.0 Å². The topological polar surface area (TPSA) is 63.6 Å². The van der Waals surface area contributed by atoms with Crippen LogP contribution in [0.3, 0.4) is 0 Å². The minimum atomic E-state index is -3.91. The lowest BCUT2D eigenvalue weighted by molar-refractivity contribution is -0.114. The van der Waals surface area contributed by atoms with E-state index in [1.165, 1.54) is 25.1 Å². The summed E-state index contributed by atoms with van der Waals surface area (Å²) < 4.78 is 28.4. The Bertz CT molecular complexity index is 737. The molecule has 0 saturated heterocycles. The van der Waals surface area contributed by atoms with Crippen LogP contribution < -0.4 is 0 Å². The Morgan fingerprint density at radius 2 is 1.81 bits per heavy atom. The normalized spacial score (nSPS) is 28.6. The number of rotatable bonds is 2. The zero-order valence-electron chi connectivity index (χ0n) is 11.4. The van der Waals surface area contributed by atoms with Crippen molar-refractivity contribution in [2.24, 2.45) is 4.40 Å². The molecule has 0 saturated carbocycles. The number of alkyl halides is 2. The van der Waals surface area contributed by atoms with E-state index in [2.05, 4.69) is 4.40 Å². The van der Waals surface area contributed by atoms with Crippen LogP contribution in [-0.4, -0.2) is 30.2 Å². The number of nitrogens with zero attached hydrogens (tertiary/aromatic N) is 1.